The van der Waals surface area contributed by atoms with E-state index in [1.165, 1.54) is 29.1 Å². The Balaban J connectivity index is 1.79. The molecule has 1 aliphatic carbocycles. The highest BCUT2D eigenvalue weighted by Gasteiger charge is 2.49. The molecular formula is C22H19FN6O3. The number of nitrogens with zero attached hydrogens (tertiary/aromatic N) is 5. The smallest absolute Gasteiger partial charge is 0.258 e. The van der Waals surface area contributed by atoms with E-state index in [4.69, 9.17) is 15.2 Å². The molecule has 0 radical (unpaired) electrons. The van der Waals surface area contributed by atoms with Gasteiger partial charge in [0.25, 0.3) is 5.88 Å². The fraction of sp³-hybridized carbons (Fsp3) is 0.318. The summed E-state index contributed by atoms with van der Waals surface area (Å²) in [7, 11) is 1.60. The molecular weight excluding hydrogens is 415 g/mol. The van der Waals surface area contributed by atoms with E-state index < -0.39 is 17.5 Å². The van der Waals surface area contributed by atoms with Crippen LogP contribution >= 0.6 is 0 Å². The van der Waals surface area contributed by atoms with Gasteiger partial charge in [-0.05, 0) is 44.4 Å². The molecule has 1 fully saturated rings. The number of hydrogen-bond donors (Lipinski definition) is 1. The molecule has 1 spiro atoms. The molecule has 0 amide bonds. The SMILES string of the molecule is CC1Oc2nc(cnc2N)-c2c(nn(C)c2C#N)OC2(CCC2)C(=O)c2ccc(F)cc21. The first-order chi connectivity index (χ1) is 15.3. The summed E-state index contributed by atoms with van der Waals surface area (Å²) in [6.45, 7) is 1.68. The van der Waals surface area contributed by atoms with Crippen molar-refractivity contribution in [2.45, 2.75) is 37.9 Å². The van der Waals surface area contributed by atoms with Gasteiger partial charge in [-0.3, -0.25) is 9.48 Å². The Morgan fingerprint density at radius 1 is 1.34 bits per heavy atom. The van der Waals surface area contributed by atoms with Gasteiger partial charge in [0.05, 0.1) is 6.20 Å². The molecule has 2 aromatic heterocycles. The number of ketones is 1. The van der Waals surface area contributed by atoms with E-state index in [9.17, 15) is 14.4 Å². The average Bonchev–Trinajstić information content (AvgIpc) is 3.05. The maximum atomic E-state index is 14.1. The lowest BCUT2D eigenvalue weighted by Crippen LogP contribution is -2.51. The van der Waals surface area contributed by atoms with Gasteiger partial charge >= 0.3 is 0 Å². The van der Waals surface area contributed by atoms with Gasteiger partial charge in [-0.25, -0.2) is 14.4 Å². The Hall–Kier alpha value is -4.00. The van der Waals surface area contributed by atoms with Gasteiger partial charge in [0.15, 0.2) is 17.1 Å². The Bertz CT molecular complexity index is 1310. The number of benzene rings is 1. The second-order valence-corrected chi connectivity index (χ2v) is 7.98. The van der Waals surface area contributed by atoms with E-state index in [0.29, 0.717) is 29.5 Å². The third-order valence-corrected chi connectivity index (χ3v) is 6.00. The maximum absolute atomic E-state index is 14.1. The zero-order chi connectivity index (χ0) is 22.6. The molecule has 10 heteroatoms. The third kappa shape index (κ3) is 2.89. The maximum Gasteiger partial charge on any atom is 0.258 e. The average molecular weight is 434 g/mol. The fourth-order valence-electron chi connectivity index (χ4n) is 4.13. The van der Waals surface area contributed by atoms with Crippen molar-refractivity contribution in [2.24, 2.45) is 7.05 Å². The Morgan fingerprint density at radius 2 is 2.12 bits per heavy atom. The molecule has 3 aromatic rings. The van der Waals surface area contributed by atoms with Gasteiger partial charge in [-0.1, -0.05) is 0 Å². The summed E-state index contributed by atoms with van der Waals surface area (Å²) in [4.78, 5) is 22.3. The highest BCUT2D eigenvalue weighted by molar-refractivity contribution is 6.04. The first-order valence-electron chi connectivity index (χ1n) is 10.1. The molecule has 2 N–H and O–H groups in total. The number of anilines is 1. The fourth-order valence-corrected chi connectivity index (χ4v) is 4.13. The normalized spacial score (nSPS) is 18.7. The molecule has 1 unspecified atom stereocenters. The Labute approximate surface area is 182 Å². The third-order valence-electron chi connectivity index (χ3n) is 6.00. The minimum Gasteiger partial charge on any atom is -0.467 e. The summed E-state index contributed by atoms with van der Waals surface area (Å²) < 4.78 is 27.7. The standard InChI is InChI=1S/C22H19FN6O3/c1-11-14-8-12(23)4-5-13(14)18(30)22(6-3-7-22)32-20-17(16(9-24)29(2)28-20)15-10-26-19(25)21(27-15)31-11/h4-5,8,10-11H,3,6-7H2,1-2H3,(H2,25,26). The molecule has 32 heavy (non-hydrogen) atoms. The van der Waals surface area contributed by atoms with Crippen LogP contribution in [0.4, 0.5) is 10.2 Å². The van der Waals surface area contributed by atoms with Crippen LogP contribution in [0.25, 0.3) is 11.3 Å². The first kappa shape index (κ1) is 19.9. The van der Waals surface area contributed by atoms with Crippen molar-refractivity contribution in [1.82, 2.24) is 19.7 Å². The zero-order valence-corrected chi connectivity index (χ0v) is 17.4. The van der Waals surface area contributed by atoms with Crippen LogP contribution in [0.1, 0.15) is 53.9 Å². The molecule has 1 saturated carbocycles. The highest BCUT2D eigenvalue weighted by atomic mass is 19.1. The van der Waals surface area contributed by atoms with Crippen molar-refractivity contribution in [2.75, 3.05) is 5.73 Å². The number of carbonyl (C=O) groups excluding carboxylic acids is 1. The number of ether oxygens (including phenoxy) is 2. The van der Waals surface area contributed by atoms with Crippen LogP contribution in [0.2, 0.25) is 0 Å². The summed E-state index contributed by atoms with van der Waals surface area (Å²) in [5.74, 6) is -0.675. The number of aryl methyl sites for hydroxylation is 1. The molecule has 0 saturated heterocycles. The molecule has 162 valence electrons. The van der Waals surface area contributed by atoms with Crippen LogP contribution < -0.4 is 15.2 Å². The molecule has 1 atom stereocenters. The van der Waals surface area contributed by atoms with Crippen LogP contribution in [-0.2, 0) is 7.05 Å². The largest absolute Gasteiger partial charge is 0.467 e. The molecule has 1 aromatic carbocycles. The van der Waals surface area contributed by atoms with Crippen molar-refractivity contribution in [3.8, 4) is 29.1 Å². The number of nitriles is 1. The van der Waals surface area contributed by atoms with E-state index in [1.54, 1.807) is 14.0 Å². The second-order valence-electron chi connectivity index (χ2n) is 7.98. The monoisotopic (exact) mass is 434 g/mol. The molecule has 2 aliphatic rings. The van der Waals surface area contributed by atoms with Gasteiger partial charge in [0, 0.05) is 18.2 Å². The Morgan fingerprint density at radius 3 is 2.81 bits per heavy atom. The Kier molecular flexibility index (Phi) is 4.37. The van der Waals surface area contributed by atoms with Crippen LogP contribution in [-0.4, -0.2) is 31.1 Å². The van der Waals surface area contributed by atoms with Gasteiger partial charge in [-0.2, -0.15) is 5.26 Å². The number of halogens is 1. The van der Waals surface area contributed by atoms with E-state index in [0.717, 1.165) is 6.42 Å². The lowest BCUT2D eigenvalue weighted by atomic mass is 9.73. The van der Waals surface area contributed by atoms with Gasteiger partial charge in [0.1, 0.15) is 29.2 Å². The number of carbonyl (C=O) groups is 1. The summed E-state index contributed by atoms with van der Waals surface area (Å²) in [6, 6.07) is 6.04. The molecule has 2 bridgehead atoms. The molecule has 5 rings (SSSR count). The first-order valence-corrected chi connectivity index (χ1v) is 10.1. The summed E-state index contributed by atoms with van der Waals surface area (Å²) in [6.07, 6.45) is 2.36. The predicted molar refractivity (Wildman–Crippen MR) is 110 cm³/mol. The van der Waals surface area contributed by atoms with E-state index in [2.05, 4.69) is 21.1 Å². The van der Waals surface area contributed by atoms with Gasteiger partial charge in [-0.15, -0.1) is 5.10 Å². The highest BCUT2D eigenvalue weighted by Crippen LogP contribution is 2.44. The number of fused-ring (bicyclic) bond motifs is 5. The van der Waals surface area contributed by atoms with Crippen LogP contribution in [0.5, 0.6) is 11.8 Å². The number of nitrogen functional groups attached to an aromatic ring is 1. The number of aromatic nitrogens is 4. The topological polar surface area (TPSA) is 129 Å². The number of hydrogen-bond acceptors (Lipinski definition) is 8. The van der Waals surface area contributed by atoms with Crippen molar-refractivity contribution in [3.05, 3.63) is 47.0 Å². The molecule has 3 heterocycles. The molecule has 1 aliphatic heterocycles. The van der Waals surface area contributed by atoms with Crippen molar-refractivity contribution in [1.29, 1.82) is 5.26 Å². The number of rotatable bonds is 0. The lowest BCUT2D eigenvalue weighted by Gasteiger charge is -2.40. The van der Waals surface area contributed by atoms with E-state index >= 15 is 0 Å². The molecule has 9 nitrogen and oxygen atoms in total. The predicted octanol–water partition coefficient (Wildman–Crippen LogP) is 3.11. The minimum absolute atomic E-state index is 0.00437. The van der Waals surface area contributed by atoms with Crippen LogP contribution in [0.3, 0.4) is 0 Å². The van der Waals surface area contributed by atoms with Crippen molar-refractivity contribution in [3.63, 3.8) is 0 Å². The van der Waals surface area contributed by atoms with Crippen LogP contribution in [0.15, 0.2) is 24.4 Å². The van der Waals surface area contributed by atoms with Gasteiger partial charge in [0.2, 0.25) is 11.7 Å². The zero-order valence-electron chi connectivity index (χ0n) is 17.4. The minimum atomic E-state index is -1.18. The summed E-state index contributed by atoms with van der Waals surface area (Å²) in [5, 5.41) is 14.1. The second kappa shape index (κ2) is 7.02. The lowest BCUT2D eigenvalue weighted by molar-refractivity contribution is 0.00179. The van der Waals surface area contributed by atoms with Crippen LogP contribution in [0, 0.1) is 17.1 Å². The van der Waals surface area contributed by atoms with E-state index in [-0.39, 0.29) is 34.7 Å². The summed E-state index contributed by atoms with van der Waals surface area (Å²) >= 11 is 0. The van der Waals surface area contributed by atoms with Crippen molar-refractivity contribution >= 4 is 11.6 Å². The number of nitrogens with two attached hydrogens (primary N) is 1. The summed E-state index contributed by atoms with van der Waals surface area (Å²) in [5.41, 5.74) is 6.21. The van der Waals surface area contributed by atoms with Crippen molar-refractivity contribution < 1.29 is 18.7 Å². The van der Waals surface area contributed by atoms with E-state index in [1.807, 2.05) is 0 Å². The number of Topliss-reactive ketones (excluding diaryl/α,β-unsaturated/α-hetero) is 1. The van der Waals surface area contributed by atoms with Gasteiger partial charge < -0.3 is 15.2 Å². The quantitative estimate of drug-likeness (QED) is 0.571.